The molecular formula is C15H31N3. The Labute approximate surface area is 113 Å². The molecule has 3 nitrogen and oxygen atoms in total. The van der Waals surface area contributed by atoms with E-state index in [9.17, 15) is 0 Å². The highest BCUT2D eigenvalue weighted by atomic mass is 15.1. The van der Waals surface area contributed by atoms with Crippen molar-refractivity contribution >= 4 is 0 Å². The highest BCUT2D eigenvalue weighted by Crippen LogP contribution is 2.26. The van der Waals surface area contributed by atoms with Crippen molar-refractivity contribution < 1.29 is 0 Å². The average Bonchev–Trinajstić information content (AvgIpc) is 2.37. The number of rotatable bonds is 4. The third-order valence-corrected chi connectivity index (χ3v) is 4.81. The molecule has 106 valence electrons. The molecule has 0 saturated carbocycles. The van der Waals surface area contributed by atoms with Crippen LogP contribution in [0.2, 0.25) is 0 Å². The highest BCUT2D eigenvalue weighted by molar-refractivity contribution is 4.86. The molecule has 0 radical (unpaired) electrons. The molecule has 0 spiro atoms. The quantitative estimate of drug-likeness (QED) is 0.824. The van der Waals surface area contributed by atoms with Crippen molar-refractivity contribution in [2.24, 2.45) is 5.92 Å². The van der Waals surface area contributed by atoms with Gasteiger partial charge in [-0.2, -0.15) is 0 Å². The summed E-state index contributed by atoms with van der Waals surface area (Å²) >= 11 is 0. The lowest BCUT2D eigenvalue weighted by molar-refractivity contribution is 0.105. The maximum atomic E-state index is 3.71. The van der Waals surface area contributed by atoms with Gasteiger partial charge in [0.15, 0.2) is 0 Å². The van der Waals surface area contributed by atoms with E-state index in [4.69, 9.17) is 0 Å². The summed E-state index contributed by atoms with van der Waals surface area (Å²) in [6.45, 7) is 3.81. The Balaban J connectivity index is 1.89. The molecule has 0 aliphatic carbocycles. The lowest BCUT2D eigenvalue weighted by Gasteiger charge is -2.40. The maximum Gasteiger partial charge on any atom is 0.0144 e. The van der Waals surface area contributed by atoms with E-state index in [0.29, 0.717) is 0 Å². The Hall–Kier alpha value is -0.120. The first-order valence-electron chi connectivity index (χ1n) is 7.75. The van der Waals surface area contributed by atoms with Gasteiger partial charge in [-0.05, 0) is 72.3 Å². The van der Waals surface area contributed by atoms with Gasteiger partial charge in [-0.3, -0.25) is 0 Å². The summed E-state index contributed by atoms with van der Waals surface area (Å²) in [7, 11) is 6.81. The van der Waals surface area contributed by atoms with Crippen molar-refractivity contribution in [2.45, 2.75) is 50.6 Å². The van der Waals surface area contributed by atoms with Crippen LogP contribution in [0.25, 0.3) is 0 Å². The van der Waals surface area contributed by atoms with E-state index in [1.165, 1.54) is 58.2 Å². The zero-order chi connectivity index (χ0) is 13.0. The molecule has 3 unspecified atom stereocenters. The van der Waals surface area contributed by atoms with E-state index in [1.807, 2.05) is 0 Å². The van der Waals surface area contributed by atoms with E-state index < -0.39 is 0 Å². The van der Waals surface area contributed by atoms with Crippen LogP contribution in [0.15, 0.2) is 0 Å². The van der Waals surface area contributed by atoms with Crippen molar-refractivity contribution in [2.75, 3.05) is 40.8 Å². The van der Waals surface area contributed by atoms with E-state index in [1.54, 1.807) is 0 Å². The van der Waals surface area contributed by atoms with Crippen molar-refractivity contribution in [3.05, 3.63) is 0 Å². The van der Waals surface area contributed by atoms with Crippen LogP contribution in [0.1, 0.15) is 38.5 Å². The van der Waals surface area contributed by atoms with Gasteiger partial charge in [-0.1, -0.05) is 6.42 Å². The molecule has 18 heavy (non-hydrogen) atoms. The van der Waals surface area contributed by atoms with Crippen molar-refractivity contribution in [3.8, 4) is 0 Å². The van der Waals surface area contributed by atoms with E-state index in [0.717, 1.165) is 18.0 Å². The minimum absolute atomic E-state index is 0.753. The van der Waals surface area contributed by atoms with Crippen LogP contribution in [0.4, 0.5) is 0 Å². The van der Waals surface area contributed by atoms with Crippen LogP contribution in [0, 0.1) is 5.92 Å². The molecule has 2 aliphatic heterocycles. The SMILES string of the molecule is CN1CCCC(C(CC2CCCCN2)N(C)C)C1. The summed E-state index contributed by atoms with van der Waals surface area (Å²) in [6, 6.07) is 1.52. The van der Waals surface area contributed by atoms with Crippen LogP contribution < -0.4 is 5.32 Å². The summed E-state index contributed by atoms with van der Waals surface area (Å²) in [6.07, 6.45) is 8.31. The molecule has 2 fully saturated rings. The van der Waals surface area contributed by atoms with E-state index >= 15 is 0 Å². The van der Waals surface area contributed by atoms with E-state index in [2.05, 4.69) is 36.3 Å². The predicted molar refractivity (Wildman–Crippen MR) is 78.0 cm³/mol. The zero-order valence-corrected chi connectivity index (χ0v) is 12.5. The fraction of sp³-hybridized carbons (Fsp3) is 1.00. The van der Waals surface area contributed by atoms with Crippen molar-refractivity contribution in [1.82, 2.24) is 15.1 Å². The number of likely N-dealkylation sites (tertiary alicyclic amines) is 1. The predicted octanol–water partition coefficient (Wildman–Crippen LogP) is 1.79. The van der Waals surface area contributed by atoms with Gasteiger partial charge in [0.2, 0.25) is 0 Å². The fourth-order valence-corrected chi connectivity index (χ4v) is 3.76. The molecule has 2 aliphatic rings. The van der Waals surface area contributed by atoms with Crippen molar-refractivity contribution in [1.29, 1.82) is 0 Å². The molecule has 2 rings (SSSR count). The van der Waals surface area contributed by atoms with Gasteiger partial charge < -0.3 is 15.1 Å². The Morgan fingerprint density at radius 2 is 2.06 bits per heavy atom. The summed E-state index contributed by atoms with van der Waals surface area (Å²) in [4.78, 5) is 4.99. The Morgan fingerprint density at radius 3 is 2.67 bits per heavy atom. The molecule has 0 aromatic carbocycles. The van der Waals surface area contributed by atoms with Gasteiger partial charge in [0.1, 0.15) is 0 Å². The summed E-state index contributed by atoms with van der Waals surface area (Å²) < 4.78 is 0. The molecule has 0 bridgehead atoms. The summed E-state index contributed by atoms with van der Waals surface area (Å²) in [5.74, 6) is 0.863. The van der Waals surface area contributed by atoms with Gasteiger partial charge in [0.05, 0.1) is 0 Å². The summed E-state index contributed by atoms with van der Waals surface area (Å²) in [5.41, 5.74) is 0. The van der Waals surface area contributed by atoms with Gasteiger partial charge >= 0.3 is 0 Å². The molecular weight excluding hydrogens is 222 g/mol. The normalized spacial score (nSPS) is 32.7. The molecule has 0 amide bonds. The molecule has 2 heterocycles. The lowest BCUT2D eigenvalue weighted by atomic mass is 9.85. The molecule has 3 atom stereocenters. The lowest BCUT2D eigenvalue weighted by Crippen LogP contribution is -2.48. The van der Waals surface area contributed by atoms with Crippen LogP contribution in [-0.4, -0.2) is 62.7 Å². The number of nitrogens with zero attached hydrogens (tertiary/aromatic N) is 2. The monoisotopic (exact) mass is 253 g/mol. The first-order chi connectivity index (χ1) is 8.66. The highest BCUT2D eigenvalue weighted by Gasteiger charge is 2.29. The minimum atomic E-state index is 0.753. The van der Waals surface area contributed by atoms with Gasteiger partial charge in [-0.25, -0.2) is 0 Å². The van der Waals surface area contributed by atoms with Crippen LogP contribution in [-0.2, 0) is 0 Å². The van der Waals surface area contributed by atoms with Gasteiger partial charge in [0.25, 0.3) is 0 Å². The largest absolute Gasteiger partial charge is 0.314 e. The third kappa shape index (κ3) is 3.94. The van der Waals surface area contributed by atoms with Crippen LogP contribution >= 0.6 is 0 Å². The van der Waals surface area contributed by atoms with Crippen LogP contribution in [0.5, 0.6) is 0 Å². The molecule has 3 heteroatoms. The first-order valence-corrected chi connectivity index (χ1v) is 7.75. The molecule has 1 N–H and O–H groups in total. The molecule has 0 aromatic rings. The Morgan fingerprint density at radius 1 is 1.22 bits per heavy atom. The van der Waals surface area contributed by atoms with Gasteiger partial charge in [0, 0.05) is 18.6 Å². The fourth-order valence-electron chi connectivity index (χ4n) is 3.76. The first kappa shape index (κ1) is 14.3. The number of piperidine rings is 2. The molecule has 2 saturated heterocycles. The third-order valence-electron chi connectivity index (χ3n) is 4.81. The maximum absolute atomic E-state index is 3.71. The number of nitrogens with one attached hydrogen (secondary N) is 1. The average molecular weight is 253 g/mol. The Bertz CT molecular complexity index is 236. The topological polar surface area (TPSA) is 18.5 Å². The number of hydrogen-bond donors (Lipinski definition) is 1. The zero-order valence-electron chi connectivity index (χ0n) is 12.5. The number of hydrogen-bond acceptors (Lipinski definition) is 3. The second-order valence-electron chi connectivity index (χ2n) is 6.58. The van der Waals surface area contributed by atoms with Crippen molar-refractivity contribution in [3.63, 3.8) is 0 Å². The van der Waals surface area contributed by atoms with Crippen LogP contribution in [0.3, 0.4) is 0 Å². The van der Waals surface area contributed by atoms with Gasteiger partial charge in [-0.15, -0.1) is 0 Å². The molecule has 0 aromatic heterocycles. The Kier molecular flexibility index (Phi) is 5.46. The van der Waals surface area contributed by atoms with E-state index in [-0.39, 0.29) is 0 Å². The smallest absolute Gasteiger partial charge is 0.0144 e. The second kappa shape index (κ2) is 6.88. The minimum Gasteiger partial charge on any atom is -0.314 e. The second-order valence-corrected chi connectivity index (χ2v) is 6.58. The standard InChI is InChI=1S/C15H31N3/c1-17(2)15(11-14-8-4-5-9-16-14)13-7-6-10-18(3)12-13/h13-16H,4-12H2,1-3H3. The summed E-state index contributed by atoms with van der Waals surface area (Å²) in [5, 5.41) is 3.71.